The normalized spacial score (nSPS) is 9.65. The Kier molecular flexibility index (Phi) is 5.28. The van der Waals surface area contributed by atoms with Gasteiger partial charge in [-0.05, 0) is 12.5 Å². The first-order chi connectivity index (χ1) is 9.08. The number of halogens is 1. The SMILES string of the molecule is Cc1c(C(=O)NC(=N)N)cnn1Cc1ccccc1.Cl. The van der Waals surface area contributed by atoms with Crippen molar-refractivity contribution in [2.75, 3.05) is 0 Å². The summed E-state index contributed by atoms with van der Waals surface area (Å²) in [6.45, 7) is 2.41. The minimum Gasteiger partial charge on any atom is -0.370 e. The van der Waals surface area contributed by atoms with Gasteiger partial charge in [0.1, 0.15) is 0 Å². The predicted molar refractivity (Wildman–Crippen MR) is 79.1 cm³/mol. The van der Waals surface area contributed by atoms with E-state index in [2.05, 4.69) is 10.4 Å². The summed E-state index contributed by atoms with van der Waals surface area (Å²) in [5, 5.41) is 13.5. The molecule has 0 radical (unpaired) electrons. The molecule has 0 aliphatic heterocycles. The summed E-state index contributed by atoms with van der Waals surface area (Å²) in [6, 6.07) is 9.85. The molecule has 0 saturated heterocycles. The number of guanidine groups is 1. The van der Waals surface area contributed by atoms with Crippen LogP contribution in [-0.4, -0.2) is 21.6 Å². The van der Waals surface area contributed by atoms with Gasteiger partial charge in [-0.3, -0.25) is 20.2 Å². The number of aromatic nitrogens is 2. The molecule has 0 fully saturated rings. The number of amides is 1. The quantitative estimate of drug-likeness (QED) is 0.587. The Morgan fingerprint density at radius 2 is 2.05 bits per heavy atom. The Balaban J connectivity index is 0.00000200. The summed E-state index contributed by atoms with van der Waals surface area (Å²) in [7, 11) is 0. The molecule has 2 rings (SSSR count). The molecule has 20 heavy (non-hydrogen) atoms. The van der Waals surface area contributed by atoms with Gasteiger partial charge in [0.2, 0.25) is 0 Å². The summed E-state index contributed by atoms with van der Waals surface area (Å²) in [5.74, 6) is -0.787. The van der Waals surface area contributed by atoms with E-state index >= 15 is 0 Å². The lowest BCUT2D eigenvalue weighted by Crippen LogP contribution is -2.35. The van der Waals surface area contributed by atoms with Gasteiger partial charge in [0.05, 0.1) is 18.3 Å². The largest absolute Gasteiger partial charge is 0.370 e. The van der Waals surface area contributed by atoms with Crippen molar-refractivity contribution in [1.29, 1.82) is 5.41 Å². The van der Waals surface area contributed by atoms with Crippen LogP contribution >= 0.6 is 12.4 Å². The molecule has 1 aromatic carbocycles. The number of rotatable bonds is 3. The van der Waals surface area contributed by atoms with Crippen LogP contribution < -0.4 is 11.1 Å². The number of hydrogen-bond donors (Lipinski definition) is 3. The topological polar surface area (TPSA) is 96.8 Å². The first-order valence-corrected chi connectivity index (χ1v) is 5.79. The lowest BCUT2D eigenvalue weighted by atomic mass is 10.2. The Labute approximate surface area is 122 Å². The summed E-state index contributed by atoms with van der Waals surface area (Å²) in [5.41, 5.74) is 7.40. The Morgan fingerprint density at radius 3 is 2.65 bits per heavy atom. The molecule has 0 spiro atoms. The van der Waals surface area contributed by atoms with Crippen LogP contribution in [0.15, 0.2) is 36.5 Å². The minimum absolute atomic E-state index is 0. The average Bonchev–Trinajstić information content (AvgIpc) is 2.72. The molecule has 6 nitrogen and oxygen atoms in total. The van der Waals surface area contributed by atoms with E-state index in [0.29, 0.717) is 12.1 Å². The van der Waals surface area contributed by atoms with E-state index < -0.39 is 5.91 Å². The molecule has 0 unspecified atom stereocenters. The highest BCUT2D eigenvalue weighted by Gasteiger charge is 2.14. The van der Waals surface area contributed by atoms with Gasteiger partial charge >= 0.3 is 0 Å². The molecule has 0 aliphatic carbocycles. The maximum Gasteiger partial charge on any atom is 0.261 e. The number of nitrogens with two attached hydrogens (primary N) is 1. The lowest BCUT2D eigenvalue weighted by molar-refractivity contribution is 0.0975. The number of nitrogens with zero attached hydrogens (tertiary/aromatic N) is 2. The highest BCUT2D eigenvalue weighted by Crippen LogP contribution is 2.10. The molecule has 1 aromatic heterocycles. The highest BCUT2D eigenvalue weighted by atomic mass is 35.5. The molecule has 7 heteroatoms. The molecular formula is C13H16ClN5O. The maximum atomic E-state index is 11.8. The molecule has 4 N–H and O–H groups in total. The van der Waals surface area contributed by atoms with Crippen molar-refractivity contribution in [2.24, 2.45) is 5.73 Å². The van der Waals surface area contributed by atoms with E-state index in [1.807, 2.05) is 37.3 Å². The molecule has 1 amide bonds. The van der Waals surface area contributed by atoms with E-state index in [-0.39, 0.29) is 18.4 Å². The fourth-order valence-electron chi connectivity index (χ4n) is 1.77. The van der Waals surface area contributed by atoms with Crippen LogP contribution in [0.1, 0.15) is 21.6 Å². The van der Waals surface area contributed by atoms with Crippen molar-refractivity contribution in [2.45, 2.75) is 13.5 Å². The zero-order chi connectivity index (χ0) is 13.8. The molecule has 1 heterocycles. The zero-order valence-corrected chi connectivity index (χ0v) is 11.8. The van der Waals surface area contributed by atoms with Crippen molar-refractivity contribution in [3.63, 3.8) is 0 Å². The van der Waals surface area contributed by atoms with E-state index in [9.17, 15) is 4.79 Å². The highest BCUT2D eigenvalue weighted by molar-refractivity contribution is 6.04. The van der Waals surface area contributed by atoms with Gasteiger partial charge in [-0.2, -0.15) is 5.10 Å². The Hall–Kier alpha value is -2.34. The van der Waals surface area contributed by atoms with Crippen molar-refractivity contribution in [1.82, 2.24) is 15.1 Å². The van der Waals surface area contributed by atoms with E-state index in [1.54, 1.807) is 4.68 Å². The van der Waals surface area contributed by atoms with Crippen LogP contribution in [0.2, 0.25) is 0 Å². The number of nitrogens with one attached hydrogen (secondary N) is 2. The van der Waals surface area contributed by atoms with Gasteiger partial charge in [-0.1, -0.05) is 30.3 Å². The fourth-order valence-corrected chi connectivity index (χ4v) is 1.77. The minimum atomic E-state index is -0.413. The van der Waals surface area contributed by atoms with Gasteiger partial charge in [-0.25, -0.2) is 0 Å². The second-order valence-corrected chi connectivity index (χ2v) is 4.15. The predicted octanol–water partition coefficient (Wildman–Crippen LogP) is 1.28. The van der Waals surface area contributed by atoms with E-state index in [4.69, 9.17) is 11.1 Å². The van der Waals surface area contributed by atoms with Crippen molar-refractivity contribution < 1.29 is 4.79 Å². The maximum absolute atomic E-state index is 11.8. The van der Waals surface area contributed by atoms with Crippen molar-refractivity contribution in [3.8, 4) is 0 Å². The average molecular weight is 294 g/mol. The number of carbonyl (C=O) groups excluding carboxylic acids is 1. The number of benzene rings is 1. The van der Waals surface area contributed by atoms with Gasteiger partial charge < -0.3 is 5.73 Å². The van der Waals surface area contributed by atoms with Crippen LogP contribution in [0.5, 0.6) is 0 Å². The van der Waals surface area contributed by atoms with Crippen molar-refractivity contribution >= 4 is 24.3 Å². The smallest absolute Gasteiger partial charge is 0.261 e. The summed E-state index contributed by atoms with van der Waals surface area (Å²) in [6.07, 6.45) is 1.48. The Morgan fingerprint density at radius 1 is 1.40 bits per heavy atom. The zero-order valence-electron chi connectivity index (χ0n) is 11.0. The standard InChI is InChI=1S/C13H15N5O.ClH/c1-9-11(12(19)17-13(14)15)7-16-18(9)8-10-5-3-2-4-6-10;/h2-7H,8H2,1H3,(H4,14,15,17,19);1H. The molecule has 2 aromatic rings. The van der Waals surface area contributed by atoms with Gasteiger partial charge in [0.25, 0.3) is 5.91 Å². The molecule has 0 saturated carbocycles. The second-order valence-electron chi connectivity index (χ2n) is 4.15. The van der Waals surface area contributed by atoms with Crippen LogP contribution in [-0.2, 0) is 6.54 Å². The van der Waals surface area contributed by atoms with Crippen LogP contribution in [0.3, 0.4) is 0 Å². The summed E-state index contributed by atoms with van der Waals surface area (Å²) < 4.78 is 1.74. The number of carbonyl (C=O) groups is 1. The third-order valence-corrected chi connectivity index (χ3v) is 2.77. The monoisotopic (exact) mass is 293 g/mol. The Bertz CT molecular complexity index is 608. The van der Waals surface area contributed by atoms with Crippen molar-refractivity contribution in [3.05, 3.63) is 53.3 Å². The van der Waals surface area contributed by atoms with Crippen LogP contribution in [0, 0.1) is 12.3 Å². The van der Waals surface area contributed by atoms with E-state index in [0.717, 1.165) is 11.3 Å². The lowest BCUT2D eigenvalue weighted by Gasteiger charge is -2.06. The molecule has 106 valence electrons. The summed E-state index contributed by atoms with van der Waals surface area (Å²) >= 11 is 0. The third-order valence-electron chi connectivity index (χ3n) is 2.77. The molecule has 0 aliphatic rings. The van der Waals surface area contributed by atoms with Gasteiger partial charge in [-0.15, -0.1) is 12.4 Å². The number of hydrogen-bond acceptors (Lipinski definition) is 3. The fraction of sp³-hybridized carbons (Fsp3) is 0.154. The molecular weight excluding hydrogens is 278 g/mol. The first kappa shape index (κ1) is 15.7. The van der Waals surface area contributed by atoms with Crippen LogP contribution in [0.25, 0.3) is 0 Å². The second kappa shape index (κ2) is 6.72. The summed E-state index contributed by atoms with van der Waals surface area (Å²) in [4.78, 5) is 11.8. The third kappa shape index (κ3) is 3.58. The van der Waals surface area contributed by atoms with Gasteiger partial charge in [0.15, 0.2) is 5.96 Å². The van der Waals surface area contributed by atoms with E-state index in [1.165, 1.54) is 6.20 Å². The molecule has 0 atom stereocenters. The molecule has 0 bridgehead atoms. The van der Waals surface area contributed by atoms with Crippen LogP contribution in [0.4, 0.5) is 0 Å². The van der Waals surface area contributed by atoms with Gasteiger partial charge in [0, 0.05) is 5.69 Å². The first-order valence-electron chi connectivity index (χ1n) is 5.79.